The highest BCUT2D eigenvalue weighted by Gasteiger charge is 2.34. The molecule has 2 fully saturated rings. The van der Waals surface area contributed by atoms with Crippen LogP contribution < -0.4 is 15.8 Å². The molecule has 0 saturated carbocycles. The Morgan fingerprint density at radius 2 is 1.60 bits per heavy atom. The Morgan fingerprint density at radius 1 is 0.867 bits per heavy atom. The maximum absolute atomic E-state index is 13.2. The zero-order valence-electron chi connectivity index (χ0n) is 16.7. The molecule has 3 aromatic carbocycles. The van der Waals surface area contributed by atoms with Crippen molar-refractivity contribution < 1.29 is 9.18 Å². The molecule has 1 amide bonds. The summed E-state index contributed by atoms with van der Waals surface area (Å²) in [6.45, 7) is 2.86. The van der Waals surface area contributed by atoms with Gasteiger partial charge in [-0.25, -0.2) is 15.2 Å². The fourth-order valence-electron chi connectivity index (χ4n) is 4.53. The number of nitrogens with zero attached hydrogens (tertiary/aromatic N) is 2. The minimum Gasteiger partial charge on any atom is -0.368 e. The SMILES string of the molecule is O=C(C1CC(c2cccc3ccccc23)NN1)N1CCN(c2ccc(F)cc2)CC1. The number of rotatable bonds is 3. The third kappa shape index (κ3) is 3.64. The number of fused-ring (bicyclic) bond motifs is 1. The fourth-order valence-corrected chi connectivity index (χ4v) is 4.53. The lowest BCUT2D eigenvalue weighted by Gasteiger charge is -2.37. The Kier molecular flexibility index (Phi) is 5.11. The number of hydrazine groups is 1. The minimum absolute atomic E-state index is 0.102. The quantitative estimate of drug-likeness (QED) is 0.704. The largest absolute Gasteiger partial charge is 0.368 e. The molecule has 0 radical (unpaired) electrons. The first-order valence-corrected chi connectivity index (χ1v) is 10.5. The monoisotopic (exact) mass is 404 g/mol. The van der Waals surface area contributed by atoms with Crippen molar-refractivity contribution in [2.75, 3.05) is 31.1 Å². The highest BCUT2D eigenvalue weighted by molar-refractivity contribution is 5.87. The van der Waals surface area contributed by atoms with E-state index in [0.29, 0.717) is 13.1 Å². The van der Waals surface area contributed by atoms with Crippen LogP contribution in [0, 0.1) is 5.82 Å². The van der Waals surface area contributed by atoms with Gasteiger partial charge < -0.3 is 9.80 Å². The number of anilines is 1. The number of piperazine rings is 1. The normalized spacial score (nSPS) is 21.9. The summed E-state index contributed by atoms with van der Waals surface area (Å²) in [5.41, 5.74) is 8.77. The second-order valence-corrected chi connectivity index (χ2v) is 7.99. The standard InChI is InChI=1S/C24H25FN4O/c25-18-8-10-19(11-9-18)28-12-14-29(15-13-28)24(30)23-16-22(26-27-23)21-7-3-5-17-4-1-2-6-20(17)21/h1-11,22-23,26-27H,12-16H2. The van der Waals surface area contributed by atoms with Gasteiger partial charge in [-0.15, -0.1) is 0 Å². The Morgan fingerprint density at radius 3 is 2.40 bits per heavy atom. The molecular formula is C24H25FN4O. The molecule has 0 bridgehead atoms. The van der Waals surface area contributed by atoms with Crippen LogP contribution in [-0.4, -0.2) is 43.0 Å². The van der Waals surface area contributed by atoms with Gasteiger partial charge in [0.15, 0.2) is 0 Å². The van der Waals surface area contributed by atoms with Crippen molar-refractivity contribution in [3.8, 4) is 0 Å². The minimum atomic E-state index is -0.230. The van der Waals surface area contributed by atoms with E-state index in [1.807, 2.05) is 11.0 Å². The van der Waals surface area contributed by atoms with E-state index in [1.54, 1.807) is 12.1 Å². The van der Waals surface area contributed by atoms with Crippen LogP contribution in [0.1, 0.15) is 18.0 Å². The summed E-state index contributed by atoms with van der Waals surface area (Å²) in [6, 6.07) is 21.1. The van der Waals surface area contributed by atoms with Gasteiger partial charge >= 0.3 is 0 Å². The van der Waals surface area contributed by atoms with Gasteiger partial charge in [-0.05, 0) is 47.0 Å². The van der Waals surface area contributed by atoms with Gasteiger partial charge in [0.05, 0.1) is 0 Å². The van der Waals surface area contributed by atoms with E-state index in [4.69, 9.17) is 0 Å². The molecule has 154 valence electrons. The number of nitrogens with one attached hydrogen (secondary N) is 2. The summed E-state index contributed by atoms with van der Waals surface area (Å²) in [5, 5.41) is 2.43. The molecule has 0 aliphatic carbocycles. The lowest BCUT2D eigenvalue weighted by atomic mass is 9.96. The van der Waals surface area contributed by atoms with Crippen LogP contribution in [0.5, 0.6) is 0 Å². The molecule has 6 heteroatoms. The summed E-state index contributed by atoms with van der Waals surface area (Å²) in [5.74, 6) is -0.0860. The fraction of sp³-hybridized carbons (Fsp3) is 0.292. The lowest BCUT2D eigenvalue weighted by Crippen LogP contribution is -2.53. The number of hydrogen-bond donors (Lipinski definition) is 2. The number of carbonyl (C=O) groups excluding carboxylic acids is 1. The molecule has 5 rings (SSSR count). The van der Waals surface area contributed by atoms with Crippen LogP contribution in [0.4, 0.5) is 10.1 Å². The molecule has 2 aliphatic rings. The topological polar surface area (TPSA) is 47.6 Å². The number of benzene rings is 3. The van der Waals surface area contributed by atoms with E-state index < -0.39 is 0 Å². The number of hydrogen-bond acceptors (Lipinski definition) is 4. The van der Waals surface area contributed by atoms with E-state index in [1.165, 1.54) is 28.5 Å². The molecule has 3 aromatic rings. The summed E-state index contributed by atoms with van der Waals surface area (Å²) < 4.78 is 13.2. The highest BCUT2D eigenvalue weighted by atomic mass is 19.1. The third-order valence-corrected chi connectivity index (χ3v) is 6.18. The van der Waals surface area contributed by atoms with E-state index in [2.05, 4.69) is 52.1 Å². The maximum Gasteiger partial charge on any atom is 0.241 e. The van der Waals surface area contributed by atoms with Crippen molar-refractivity contribution in [2.45, 2.75) is 18.5 Å². The molecule has 2 N–H and O–H groups in total. The summed E-state index contributed by atoms with van der Waals surface area (Å²) in [6.07, 6.45) is 0.727. The maximum atomic E-state index is 13.2. The molecule has 30 heavy (non-hydrogen) atoms. The van der Waals surface area contributed by atoms with Gasteiger partial charge in [0.2, 0.25) is 5.91 Å². The summed E-state index contributed by atoms with van der Waals surface area (Å²) in [7, 11) is 0. The number of halogens is 1. The molecule has 0 spiro atoms. The molecule has 0 aromatic heterocycles. The predicted molar refractivity (Wildman–Crippen MR) is 117 cm³/mol. The van der Waals surface area contributed by atoms with Gasteiger partial charge in [0.1, 0.15) is 11.9 Å². The van der Waals surface area contributed by atoms with Crippen molar-refractivity contribution in [1.29, 1.82) is 0 Å². The lowest BCUT2D eigenvalue weighted by molar-refractivity contribution is -0.133. The Labute approximate surface area is 175 Å². The number of amides is 1. The van der Waals surface area contributed by atoms with E-state index in [-0.39, 0.29) is 23.8 Å². The molecular weight excluding hydrogens is 379 g/mol. The first kappa shape index (κ1) is 19.0. The average molecular weight is 404 g/mol. The molecule has 2 saturated heterocycles. The van der Waals surface area contributed by atoms with E-state index >= 15 is 0 Å². The molecule has 2 atom stereocenters. The van der Waals surface area contributed by atoms with Crippen LogP contribution in [0.2, 0.25) is 0 Å². The van der Waals surface area contributed by atoms with Crippen molar-refractivity contribution in [2.24, 2.45) is 0 Å². The first-order valence-electron chi connectivity index (χ1n) is 10.5. The Balaban J connectivity index is 1.22. The Hall–Kier alpha value is -2.96. The average Bonchev–Trinajstić information content (AvgIpc) is 3.29. The summed E-state index contributed by atoms with van der Waals surface area (Å²) in [4.78, 5) is 17.2. The molecule has 2 unspecified atom stereocenters. The smallest absolute Gasteiger partial charge is 0.241 e. The van der Waals surface area contributed by atoms with Crippen LogP contribution in [0.25, 0.3) is 10.8 Å². The van der Waals surface area contributed by atoms with Crippen molar-refractivity contribution >= 4 is 22.4 Å². The van der Waals surface area contributed by atoms with Gasteiger partial charge in [0, 0.05) is 37.9 Å². The second-order valence-electron chi connectivity index (χ2n) is 7.99. The van der Waals surface area contributed by atoms with E-state index in [0.717, 1.165) is 25.2 Å². The van der Waals surface area contributed by atoms with Crippen LogP contribution in [0.3, 0.4) is 0 Å². The second kappa shape index (κ2) is 8.05. The third-order valence-electron chi connectivity index (χ3n) is 6.18. The van der Waals surface area contributed by atoms with Crippen molar-refractivity contribution in [3.05, 3.63) is 78.1 Å². The van der Waals surface area contributed by atoms with Gasteiger partial charge in [-0.3, -0.25) is 4.79 Å². The summed E-state index contributed by atoms with van der Waals surface area (Å²) >= 11 is 0. The van der Waals surface area contributed by atoms with Crippen LogP contribution in [0.15, 0.2) is 66.7 Å². The van der Waals surface area contributed by atoms with E-state index in [9.17, 15) is 9.18 Å². The van der Waals surface area contributed by atoms with Crippen LogP contribution in [-0.2, 0) is 4.79 Å². The predicted octanol–water partition coefficient (Wildman–Crippen LogP) is 3.24. The zero-order valence-corrected chi connectivity index (χ0v) is 16.7. The van der Waals surface area contributed by atoms with Gasteiger partial charge in [0.25, 0.3) is 0 Å². The molecule has 2 heterocycles. The number of carbonyl (C=O) groups is 1. The molecule has 5 nitrogen and oxygen atoms in total. The highest BCUT2D eigenvalue weighted by Crippen LogP contribution is 2.29. The van der Waals surface area contributed by atoms with Crippen molar-refractivity contribution in [1.82, 2.24) is 15.8 Å². The zero-order chi connectivity index (χ0) is 20.5. The van der Waals surface area contributed by atoms with Crippen molar-refractivity contribution in [3.63, 3.8) is 0 Å². The first-order chi connectivity index (χ1) is 14.7. The van der Waals surface area contributed by atoms with Gasteiger partial charge in [-0.2, -0.15) is 0 Å². The Bertz CT molecular complexity index is 1040. The van der Waals surface area contributed by atoms with Gasteiger partial charge in [-0.1, -0.05) is 42.5 Å². The molecule has 2 aliphatic heterocycles. The van der Waals surface area contributed by atoms with Crippen LogP contribution >= 0.6 is 0 Å².